The minimum Gasteiger partial charge on any atom is -0.462 e. The van der Waals surface area contributed by atoms with Gasteiger partial charge in [-0.3, -0.25) is 4.79 Å². The molecule has 0 unspecified atom stereocenters. The number of rotatable bonds is 5. The van der Waals surface area contributed by atoms with E-state index < -0.39 is 5.97 Å². The molecule has 1 N–H and O–H groups in total. The summed E-state index contributed by atoms with van der Waals surface area (Å²) in [6.45, 7) is 6.56. The molecule has 122 valence electrons. The Bertz CT molecular complexity index is 750. The molecule has 0 bridgehead atoms. The molecule has 2 aromatic rings. The minimum absolute atomic E-state index is 0.0456. The molecule has 0 aliphatic heterocycles. The van der Waals surface area contributed by atoms with Crippen molar-refractivity contribution in [3.63, 3.8) is 0 Å². The number of nitrogens with zero attached hydrogens (tertiary/aromatic N) is 2. The number of ether oxygens (including phenoxy) is 1. The fourth-order valence-electron chi connectivity index (χ4n) is 2.17. The highest BCUT2D eigenvalue weighted by Crippen LogP contribution is 2.30. The van der Waals surface area contributed by atoms with Gasteiger partial charge in [-0.15, -0.1) is 0 Å². The van der Waals surface area contributed by atoms with Crippen molar-refractivity contribution in [1.29, 1.82) is 0 Å². The molecule has 2 aromatic heterocycles. The number of carbonyl (C=O) groups is 2. The van der Waals surface area contributed by atoms with Gasteiger partial charge >= 0.3 is 5.97 Å². The molecule has 8 heteroatoms. The Kier molecular flexibility index (Phi) is 5.00. The van der Waals surface area contributed by atoms with E-state index in [-0.39, 0.29) is 34.7 Å². The molecule has 0 saturated heterocycles. The number of nitrogens with one attached hydrogen (secondary N) is 1. The Balaban J connectivity index is 2.51. The van der Waals surface area contributed by atoms with Crippen molar-refractivity contribution in [2.24, 2.45) is 0 Å². The predicted molar refractivity (Wildman–Crippen MR) is 84.5 cm³/mol. The highest BCUT2D eigenvalue weighted by Gasteiger charge is 2.28. The van der Waals surface area contributed by atoms with E-state index in [0.717, 1.165) is 0 Å². The second kappa shape index (κ2) is 6.78. The van der Waals surface area contributed by atoms with E-state index in [9.17, 15) is 9.59 Å². The Morgan fingerprint density at radius 1 is 1.30 bits per heavy atom. The number of aryl methyl sites for hydroxylation is 2. The van der Waals surface area contributed by atoms with Gasteiger partial charge in [0.1, 0.15) is 17.1 Å². The fourth-order valence-corrected chi connectivity index (χ4v) is 2.39. The number of hydrogen-bond acceptors (Lipinski definition) is 7. The summed E-state index contributed by atoms with van der Waals surface area (Å²) in [5.41, 5.74) is 0.868. The third-order valence-corrected chi connectivity index (χ3v) is 3.15. The second-order valence-corrected chi connectivity index (χ2v) is 5.14. The molecule has 0 aromatic carbocycles. The first-order valence-corrected chi connectivity index (χ1v) is 7.31. The first-order chi connectivity index (χ1) is 10.8. The van der Waals surface area contributed by atoms with Crippen molar-refractivity contribution in [3.8, 4) is 0 Å². The summed E-state index contributed by atoms with van der Waals surface area (Å²) in [5.74, 6) is -0.190. The van der Waals surface area contributed by atoms with Gasteiger partial charge in [-0.2, -0.15) is 0 Å². The molecule has 0 fully saturated rings. The van der Waals surface area contributed by atoms with Crippen LogP contribution in [0.25, 0.3) is 0 Å². The summed E-state index contributed by atoms with van der Waals surface area (Å²) in [5, 5.41) is 2.91. The first kappa shape index (κ1) is 17.0. The van der Waals surface area contributed by atoms with Crippen LogP contribution < -0.4 is 5.32 Å². The van der Waals surface area contributed by atoms with Crippen molar-refractivity contribution >= 4 is 35.1 Å². The summed E-state index contributed by atoms with van der Waals surface area (Å²) in [6, 6.07) is 1.63. The highest BCUT2D eigenvalue weighted by molar-refractivity contribution is 6.28. The minimum atomic E-state index is -0.645. The maximum absolute atomic E-state index is 12.2. The summed E-state index contributed by atoms with van der Waals surface area (Å²) >= 11 is 5.82. The van der Waals surface area contributed by atoms with E-state index in [1.165, 1.54) is 6.92 Å². The molecule has 0 atom stereocenters. The van der Waals surface area contributed by atoms with Gasteiger partial charge in [-0.1, -0.05) is 0 Å². The number of esters is 1. The van der Waals surface area contributed by atoms with Crippen molar-refractivity contribution < 1.29 is 18.7 Å². The number of anilines is 2. The molecule has 0 radical (unpaired) electrons. The number of furan rings is 1. The summed E-state index contributed by atoms with van der Waals surface area (Å²) in [6.07, 6.45) is 0. The standard InChI is InChI=1S/C15H16ClN3O4/c1-5-22-14(21)12-11(8(3)20)9(4)23-13(12)18-10-6-7(2)17-15(16)19-10/h6H,5H2,1-4H3,(H,17,18,19). The molecule has 0 aliphatic rings. The van der Waals surface area contributed by atoms with E-state index in [1.807, 2.05) is 0 Å². The lowest BCUT2D eigenvalue weighted by atomic mass is 10.1. The average Bonchev–Trinajstić information content (AvgIpc) is 2.74. The largest absolute Gasteiger partial charge is 0.462 e. The monoisotopic (exact) mass is 337 g/mol. The average molecular weight is 338 g/mol. The Morgan fingerprint density at radius 3 is 2.57 bits per heavy atom. The lowest BCUT2D eigenvalue weighted by molar-refractivity contribution is 0.0524. The van der Waals surface area contributed by atoms with Gasteiger partial charge in [0.05, 0.1) is 12.2 Å². The SMILES string of the molecule is CCOC(=O)c1c(Nc2cc(C)nc(Cl)n2)oc(C)c1C(C)=O. The molecular formula is C15H16ClN3O4. The van der Waals surface area contributed by atoms with Crippen molar-refractivity contribution in [1.82, 2.24) is 9.97 Å². The third-order valence-electron chi connectivity index (χ3n) is 2.98. The van der Waals surface area contributed by atoms with Gasteiger partial charge < -0.3 is 14.5 Å². The number of halogens is 1. The van der Waals surface area contributed by atoms with Crippen LogP contribution in [0.15, 0.2) is 10.5 Å². The van der Waals surface area contributed by atoms with Crippen LogP contribution in [0, 0.1) is 13.8 Å². The Hall–Kier alpha value is -2.41. The van der Waals surface area contributed by atoms with Crippen LogP contribution in [-0.4, -0.2) is 28.3 Å². The molecule has 2 heterocycles. The van der Waals surface area contributed by atoms with E-state index in [4.69, 9.17) is 20.8 Å². The molecule has 0 aliphatic carbocycles. The second-order valence-electron chi connectivity index (χ2n) is 4.80. The molecule has 0 amide bonds. The van der Waals surface area contributed by atoms with Crippen LogP contribution in [0.2, 0.25) is 5.28 Å². The van der Waals surface area contributed by atoms with Crippen molar-refractivity contribution in [2.75, 3.05) is 11.9 Å². The third kappa shape index (κ3) is 3.68. The first-order valence-electron chi connectivity index (χ1n) is 6.93. The zero-order chi connectivity index (χ0) is 17.1. The normalized spacial score (nSPS) is 10.5. The maximum Gasteiger partial charge on any atom is 0.344 e. The summed E-state index contributed by atoms with van der Waals surface area (Å²) in [4.78, 5) is 32.0. The van der Waals surface area contributed by atoms with Gasteiger partial charge in [-0.05, 0) is 39.3 Å². The fraction of sp³-hybridized carbons (Fsp3) is 0.333. The number of aromatic nitrogens is 2. The quantitative estimate of drug-likeness (QED) is 0.507. The topological polar surface area (TPSA) is 94.3 Å². The zero-order valence-electron chi connectivity index (χ0n) is 13.2. The van der Waals surface area contributed by atoms with Gasteiger partial charge in [0.25, 0.3) is 0 Å². The smallest absolute Gasteiger partial charge is 0.344 e. The summed E-state index contributed by atoms with van der Waals surface area (Å²) in [7, 11) is 0. The van der Waals surface area contributed by atoms with Crippen LogP contribution in [0.3, 0.4) is 0 Å². The van der Waals surface area contributed by atoms with Crippen LogP contribution >= 0.6 is 11.6 Å². The van der Waals surface area contributed by atoms with Gasteiger partial charge in [0.15, 0.2) is 5.78 Å². The van der Waals surface area contributed by atoms with E-state index >= 15 is 0 Å². The van der Waals surface area contributed by atoms with Gasteiger partial charge in [0.2, 0.25) is 11.2 Å². The molecule has 7 nitrogen and oxygen atoms in total. The molecular weight excluding hydrogens is 322 g/mol. The molecule has 0 spiro atoms. The van der Waals surface area contributed by atoms with E-state index in [1.54, 1.807) is 26.8 Å². The highest BCUT2D eigenvalue weighted by atomic mass is 35.5. The number of Topliss-reactive ketones (excluding diaryl/α,β-unsaturated/α-hetero) is 1. The van der Waals surface area contributed by atoms with Crippen LogP contribution in [0.5, 0.6) is 0 Å². The number of ketones is 1. The van der Waals surface area contributed by atoms with E-state index in [2.05, 4.69) is 15.3 Å². The molecule has 0 saturated carbocycles. The predicted octanol–water partition coefficient (Wildman–Crippen LogP) is 3.46. The molecule has 23 heavy (non-hydrogen) atoms. The van der Waals surface area contributed by atoms with Crippen LogP contribution in [-0.2, 0) is 4.74 Å². The Morgan fingerprint density at radius 2 is 2.00 bits per heavy atom. The van der Waals surface area contributed by atoms with E-state index in [0.29, 0.717) is 17.3 Å². The summed E-state index contributed by atoms with van der Waals surface area (Å²) < 4.78 is 10.5. The van der Waals surface area contributed by atoms with Gasteiger partial charge in [0, 0.05) is 11.8 Å². The van der Waals surface area contributed by atoms with Gasteiger partial charge in [-0.25, -0.2) is 14.8 Å². The number of carbonyl (C=O) groups excluding carboxylic acids is 2. The van der Waals surface area contributed by atoms with Crippen LogP contribution in [0.4, 0.5) is 11.7 Å². The lowest BCUT2D eigenvalue weighted by Crippen LogP contribution is -2.11. The maximum atomic E-state index is 12.2. The lowest BCUT2D eigenvalue weighted by Gasteiger charge is -2.07. The van der Waals surface area contributed by atoms with Crippen molar-refractivity contribution in [2.45, 2.75) is 27.7 Å². The van der Waals surface area contributed by atoms with Crippen LogP contribution in [0.1, 0.15) is 46.0 Å². The Labute approximate surface area is 138 Å². The molecule has 2 rings (SSSR count). The van der Waals surface area contributed by atoms with Crippen molar-refractivity contribution in [3.05, 3.63) is 33.9 Å². The zero-order valence-corrected chi connectivity index (χ0v) is 13.9. The number of hydrogen-bond donors (Lipinski definition) is 1.